The molecule has 0 aliphatic heterocycles. The lowest BCUT2D eigenvalue weighted by Crippen LogP contribution is -2.26. The smallest absolute Gasteiger partial charge is 0.249 e. The normalized spacial score (nSPS) is 11.8. The van der Waals surface area contributed by atoms with Gasteiger partial charge in [-0.2, -0.15) is 5.10 Å². The molecule has 2 aromatic rings. The Labute approximate surface area is 129 Å². The van der Waals surface area contributed by atoms with Crippen LogP contribution in [0.2, 0.25) is 0 Å². The average molecular weight is 300 g/mol. The number of hydrogen-bond acceptors (Lipinski definition) is 3. The fraction of sp³-hybridized carbons (Fsp3) is 0.312. The van der Waals surface area contributed by atoms with E-state index in [2.05, 4.69) is 15.7 Å². The summed E-state index contributed by atoms with van der Waals surface area (Å²) in [6.45, 7) is 5.29. The van der Waals surface area contributed by atoms with Crippen LogP contribution >= 0.6 is 0 Å². The molecular formula is C16H20N4O2. The first-order valence-corrected chi connectivity index (χ1v) is 7.19. The number of amides is 2. The highest BCUT2D eigenvalue weighted by Crippen LogP contribution is 2.24. The Morgan fingerprint density at radius 3 is 2.64 bits per heavy atom. The van der Waals surface area contributed by atoms with Gasteiger partial charge in [-0.25, -0.2) is 0 Å². The van der Waals surface area contributed by atoms with Crippen LogP contribution in [0.4, 0.5) is 11.4 Å². The fourth-order valence-corrected chi connectivity index (χ4v) is 2.23. The standard InChI is InChI=1S/C16H20N4O2/c1-4-15(20-9-5-8-17-20)16(22)19-14-10-11(2)6-7-13(14)18-12(3)21/h5-10,15H,4H2,1-3H3,(H,18,21)(H,19,22). The van der Waals surface area contributed by atoms with Crippen molar-refractivity contribution in [3.05, 3.63) is 42.2 Å². The molecule has 0 saturated carbocycles. The monoisotopic (exact) mass is 300 g/mol. The number of aryl methyl sites for hydroxylation is 1. The SMILES string of the molecule is CCC(C(=O)Nc1cc(C)ccc1NC(C)=O)n1cccn1. The van der Waals surface area contributed by atoms with E-state index in [9.17, 15) is 9.59 Å². The Balaban J connectivity index is 2.23. The molecule has 0 bridgehead atoms. The first-order chi connectivity index (χ1) is 10.5. The molecular weight excluding hydrogens is 280 g/mol. The summed E-state index contributed by atoms with van der Waals surface area (Å²) in [6, 6.07) is 6.89. The maximum atomic E-state index is 12.5. The molecule has 6 nitrogen and oxygen atoms in total. The third kappa shape index (κ3) is 3.72. The molecule has 2 N–H and O–H groups in total. The Bertz CT molecular complexity index is 665. The van der Waals surface area contributed by atoms with Crippen LogP contribution in [0, 0.1) is 6.92 Å². The summed E-state index contributed by atoms with van der Waals surface area (Å²) in [5, 5.41) is 9.73. The van der Waals surface area contributed by atoms with Crippen LogP contribution in [0.5, 0.6) is 0 Å². The minimum absolute atomic E-state index is 0.164. The van der Waals surface area contributed by atoms with Crippen LogP contribution in [-0.2, 0) is 9.59 Å². The van der Waals surface area contributed by atoms with Crippen LogP contribution in [0.25, 0.3) is 0 Å². The van der Waals surface area contributed by atoms with E-state index in [1.165, 1.54) is 6.92 Å². The largest absolute Gasteiger partial charge is 0.325 e. The first-order valence-electron chi connectivity index (χ1n) is 7.19. The van der Waals surface area contributed by atoms with Crippen molar-refractivity contribution >= 4 is 23.2 Å². The molecule has 1 unspecified atom stereocenters. The van der Waals surface area contributed by atoms with E-state index in [-0.39, 0.29) is 17.9 Å². The molecule has 1 aromatic carbocycles. The van der Waals surface area contributed by atoms with Gasteiger partial charge in [0.05, 0.1) is 11.4 Å². The predicted octanol–water partition coefficient (Wildman–Crippen LogP) is 2.74. The zero-order chi connectivity index (χ0) is 16.1. The van der Waals surface area contributed by atoms with Gasteiger partial charge < -0.3 is 10.6 Å². The number of aromatic nitrogens is 2. The maximum absolute atomic E-state index is 12.5. The van der Waals surface area contributed by atoms with Crippen LogP contribution in [0.15, 0.2) is 36.7 Å². The van der Waals surface area contributed by atoms with Crippen LogP contribution in [-0.4, -0.2) is 21.6 Å². The second-order valence-electron chi connectivity index (χ2n) is 5.13. The highest BCUT2D eigenvalue weighted by molar-refractivity contribution is 6.00. The van der Waals surface area contributed by atoms with Gasteiger partial charge in [0.25, 0.3) is 0 Å². The third-order valence-corrected chi connectivity index (χ3v) is 3.28. The van der Waals surface area contributed by atoms with Gasteiger partial charge in [0.2, 0.25) is 11.8 Å². The molecule has 0 saturated heterocycles. The minimum atomic E-state index is -0.388. The van der Waals surface area contributed by atoms with E-state index in [1.807, 2.05) is 26.0 Å². The van der Waals surface area contributed by atoms with E-state index in [1.54, 1.807) is 29.2 Å². The Hall–Kier alpha value is -2.63. The number of rotatable bonds is 5. The lowest BCUT2D eigenvalue weighted by molar-refractivity contribution is -0.119. The van der Waals surface area contributed by atoms with Gasteiger partial charge in [-0.05, 0) is 37.1 Å². The molecule has 6 heteroatoms. The van der Waals surface area contributed by atoms with Crippen LogP contribution < -0.4 is 10.6 Å². The Morgan fingerprint density at radius 2 is 2.05 bits per heavy atom. The minimum Gasteiger partial charge on any atom is -0.325 e. The lowest BCUT2D eigenvalue weighted by Gasteiger charge is -2.18. The van der Waals surface area contributed by atoms with Crippen molar-refractivity contribution in [2.24, 2.45) is 0 Å². The van der Waals surface area contributed by atoms with E-state index < -0.39 is 0 Å². The highest BCUT2D eigenvalue weighted by atomic mass is 16.2. The number of carbonyl (C=O) groups excluding carboxylic acids is 2. The number of carbonyl (C=O) groups is 2. The quantitative estimate of drug-likeness (QED) is 0.891. The summed E-state index contributed by atoms with van der Waals surface area (Å²) in [5.41, 5.74) is 2.17. The predicted molar refractivity (Wildman–Crippen MR) is 85.7 cm³/mol. The molecule has 116 valence electrons. The van der Waals surface area contributed by atoms with E-state index >= 15 is 0 Å². The zero-order valence-corrected chi connectivity index (χ0v) is 13.0. The Morgan fingerprint density at radius 1 is 1.27 bits per heavy atom. The van der Waals surface area contributed by atoms with Crippen molar-refractivity contribution in [3.63, 3.8) is 0 Å². The summed E-state index contributed by atoms with van der Waals surface area (Å²) >= 11 is 0. The fourth-order valence-electron chi connectivity index (χ4n) is 2.23. The number of hydrogen-bond donors (Lipinski definition) is 2. The molecule has 22 heavy (non-hydrogen) atoms. The molecule has 0 spiro atoms. The van der Waals surface area contributed by atoms with Crippen LogP contribution in [0.1, 0.15) is 31.9 Å². The highest BCUT2D eigenvalue weighted by Gasteiger charge is 2.20. The summed E-state index contributed by atoms with van der Waals surface area (Å²) in [6.07, 6.45) is 4.03. The van der Waals surface area contributed by atoms with Gasteiger partial charge in [0, 0.05) is 19.3 Å². The zero-order valence-electron chi connectivity index (χ0n) is 13.0. The van der Waals surface area contributed by atoms with Crippen molar-refractivity contribution < 1.29 is 9.59 Å². The molecule has 0 aliphatic carbocycles. The van der Waals surface area contributed by atoms with Gasteiger partial charge >= 0.3 is 0 Å². The van der Waals surface area contributed by atoms with E-state index in [0.29, 0.717) is 17.8 Å². The molecule has 1 atom stereocenters. The number of anilines is 2. The van der Waals surface area contributed by atoms with Crippen molar-refractivity contribution in [2.75, 3.05) is 10.6 Å². The van der Waals surface area contributed by atoms with Crippen molar-refractivity contribution in [3.8, 4) is 0 Å². The van der Waals surface area contributed by atoms with Gasteiger partial charge in [-0.15, -0.1) is 0 Å². The summed E-state index contributed by atoms with van der Waals surface area (Å²) in [5.74, 6) is -0.345. The second kappa shape index (κ2) is 6.89. The molecule has 1 aromatic heterocycles. The molecule has 0 fully saturated rings. The summed E-state index contributed by atoms with van der Waals surface area (Å²) in [7, 11) is 0. The van der Waals surface area contributed by atoms with E-state index in [4.69, 9.17) is 0 Å². The van der Waals surface area contributed by atoms with Gasteiger partial charge in [0.1, 0.15) is 6.04 Å². The lowest BCUT2D eigenvalue weighted by atomic mass is 10.1. The van der Waals surface area contributed by atoms with Crippen molar-refractivity contribution in [2.45, 2.75) is 33.2 Å². The molecule has 2 amide bonds. The van der Waals surface area contributed by atoms with Gasteiger partial charge in [-0.1, -0.05) is 13.0 Å². The molecule has 2 rings (SSSR count). The number of nitrogens with one attached hydrogen (secondary N) is 2. The van der Waals surface area contributed by atoms with E-state index in [0.717, 1.165) is 5.56 Å². The van der Waals surface area contributed by atoms with Crippen molar-refractivity contribution in [1.82, 2.24) is 9.78 Å². The molecule has 0 radical (unpaired) electrons. The first kappa shape index (κ1) is 15.8. The number of benzene rings is 1. The Kier molecular flexibility index (Phi) is 4.93. The molecule has 1 heterocycles. The maximum Gasteiger partial charge on any atom is 0.249 e. The van der Waals surface area contributed by atoms with Gasteiger partial charge in [0.15, 0.2) is 0 Å². The van der Waals surface area contributed by atoms with Crippen molar-refractivity contribution in [1.29, 1.82) is 0 Å². The van der Waals surface area contributed by atoms with Gasteiger partial charge in [-0.3, -0.25) is 14.3 Å². The summed E-state index contributed by atoms with van der Waals surface area (Å²) < 4.78 is 1.63. The average Bonchev–Trinajstić information content (AvgIpc) is 2.96. The molecule has 0 aliphatic rings. The third-order valence-electron chi connectivity index (χ3n) is 3.28. The summed E-state index contributed by atoms with van der Waals surface area (Å²) in [4.78, 5) is 23.8. The van der Waals surface area contributed by atoms with Crippen LogP contribution in [0.3, 0.4) is 0 Å². The number of nitrogens with zero attached hydrogens (tertiary/aromatic N) is 2. The second-order valence-corrected chi connectivity index (χ2v) is 5.13. The topological polar surface area (TPSA) is 76.0 Å².